The number of benzene rings is 1. The second-order valence-corrected chi connectivity index (χ2v) is 6.94. The third-order valence-electron chi connectivity index (χ3n) is 3.84. The molecule has 0 fully saturated rings. The van der Waals surface area contributed by atoms with E-state index in [0.717, 1.165) is 36.8 Å². The van der Waals surface area contributed by atoms with Crippen molar-refractivity contribution in [3.05, 3.63) is 52.2 Å². The third-order valence-corrected chi connectivity index (χ3v) is 4.77. The van der Waals surface area contributed by atoms with Crippen LogP contribution in [0.1, 0.15) is 17.4 Å². The van der Waals surface area contributed by atoms with Gasteiger partial charge in [-0.3, -0.25) is 0 Å². The molecule has 0 atom stereocenters. The topological polar surface area (TPSA) is 46.1 Å². The third kappa shape index (κ3) is 7.06. The lowest BCUT2D eigenvalue weighted by Crippen LogP contribution is -2.39. The smallest absolute Gasteiger partial charge is 0.193 e. The van der Waals surface area contributed by atoms with Crippen LogP contribution in [0.15, 0.2) is 46.8 Å². The van der Waals surface area contributed by atoms with Crippen molar-refractivity contribution in [1.29, 1.82) is 0 Å². The van der Waals surface area contributed by atoms with E-state index in [1.54, 1.807) is 18.4 Å². The molecule has 0 aliphatic rings. The lowest BCUT2D eigenvalue weighted by molar-refractivity contribution is 0.146. The van der Waals surface area contributed by atoms with E-state index >= 15 is 0 Å². The van der Waals surface area contributed by atoms with E-state index in [0.29, 0.717) is 19.8 Å². The molecule has 6 heteroatoms. The van der Waals surface area contributed by atoms with Gasteiger partial charge in [0, 0.05) is 32.1 Å². The van der Waals surface area contributed by atoms with Crippen LogP contribution in [-0.2, 0) is 17.7 Å². The number of nitrogens with zero attached hydrogens (tertiary/aromatic N) is 2. The molecule has 0 spiro atoms. The average Bonchev–Trinajstić information content (AvgIpc) is 3.17. The van der Waals surface area contributed by atoms with Crippen molar-refractivity contribution in [2.24, 2.45) is 4.99 Å². The highest BCUT2D eigenvalue weighted by molar-refractivity contribution is 7.09. The summed E-state index contributed by atoms with van der Waals surface area (Å²) in [6, 6.07) is 12.3. The summed E-state index contributed by atoms with van der Waals surface area (Å²) >= 11 is 1.80. The first-order valence-electron chi connectivity index (χ1n) is 8.95. The summed E-state index contributed by atoms with van der Waals surface area (Å²) in [6.45, 7) is 5.63. The van der Waals surface area contributed by atoms with Gasteiger partial charge in [-0.05, 0) is 42.5 Å². The Hall–Kier alpha value is -2.05. The van der Waals surface area contributed by atoms with Gasteiger partial charge in [-0.2, -0.15) is 0 Å². The number of aliphatic imine (C=N–C) groups is 1. The number of hydrogen-bond acceptors (Lipinski definition) is 4. The highest BCUT2D eigenvalue weighted by Gasteiger charge is 2.06. The van der Waals surface area contributed by atoms with E-state index in [1.165, 1.54) is 4.88 Å². The monoisotopic (exact) mass is 375 g/mol. The zero-order chi connectivity index (χ0) is 18.6. The molecule has 2 rings (SSSR count). The molecule has 1 aromatic heterocycles. The first kappa shape index (κ1) is 20.3. The summed E-state index contributed by atoms with van der Waals surface area (Å²) < 4.78 is 10.7. The van der Waals surface area contributed by atoms with E-state index in [1.807, 2.05) is 18.2 Å². The van der Waals surface area contributed by atoms with Gasteiger partial charge in [0.15, 0.2) is 5.96 Å². The summed E-state index contributed by atoms with van der Waals surface area (Å²) in [5.41, 5.74) is 1.13. The van der Waals surface area contributed by atoms with Crippen LogP contribution in [-0.4, -0.2) is 51.3 Å². The van der Waals surface area contributed by atoms with Crippen LogP contribution >= 0.6 is 11.3 Å². The van der Waals surface area contributed by atoms with Crippen LogP contribution in [0.3, 0.4) is 0 Å². The summed E-state index contributed by atoms with van der Waals surface area (Å²) in [5, 5.41) is 5.49. The molecule has 0 saturated carbocycles. The fourth-order valence-corrected chi connectivity index (χ4v) is 3.15. The molecule has 0 saturated heterocycles. The highest BCUT2D eigenvalue weighted by Crippen LogP contribution is 2.14. The molecule has 2 aromatic rings. The normalized spacial score (nSPS) is 11.4. The molecule has 142 valence electrons. The number of methoxy groups -OCH3 is 1. The second kappa shape index (κ2) is 11.5. The molecule has 0 bridgehead atoms. The molecule has 0 aliphatic carbocycles. The lowest BCUT2D eigenvalue weighted by atomic mass is 10.2. The first-order chi connectivity index (χ1) is 12.7. The van der Waals surface area contributed by atoms with Gasteiger partial charge in [0.05, 0.1) is 13.2 Å². The van der Waals surface area contributed by atoms with Gasteiger partial charge in [-0.25, -0.2) is 4.99 Å². The Morgan fingerprint density at radius 1 is 1.23 bits per heavy atom. The molecule has 1 heterocycles. The summed E-state index contributed by atoms with van der Waals surface area (Å²) in [4.78, 5) is 8.36. The van der Waals surface area contributed by atoms with Gasteiger partial charge in [-0.1, -0.05) is 18.2 Å². The van der Waals surface area contributed by atoms with Crippen LogP contribution in [0.25, 0.3) is 0 Å². The summed E-state index contributed by atoms with van der Waals surface area (Å²) in [7, 11) is 3.76. The van der Waals surface area contributed by atoms with E-state index < -0.39 is 0 Å². The fourth-order valence-electron chi connectivity index (χ4n) is 2.45. The van der Waals surface area contributed by atoms with E-state index in [4.69, 9.17) is 14.5 Å². The Bertz CT molecular complexity index is 659. The highest BCUT2D eigenvalue weighted by atomic mass is 32.1. The van der Waals surface area contributed by atoms with Gasteiger partial charge in [0.2, 0.25) is 0 Å². The molecular weight excluding hydrogens is 346 g/mol. The van der Waals surface area contributed by atoms with Crippen LogP contribution < -0.4 is 10.1 Å². The molecular formula is C20H29N3O2S. The molecule has 1 N–H and O–H groups in total. The van der Waals surface area contributed by atoms with Gasteiger partial charge in [0.25, 0.3) is 0 Å². The molecule has 26 heavy (non-hydrogen) atoms. The Labute approximate surface area is 160 Å². The second-order valence-electron chi connectivity index (χ2n) is 5.91. The predicted octanol–water partition coefficient (Wildman–Crippen LogP) is 3.41. The predicted molar refractivity (Wildman–Crippen MR) is 109 cm³/mol. The average molecular weight is 376 g/mol. The quantitative estimate of drug-likeness (QED) is 0.393. The first-order valence-corrected chi connectivity index (χ1v) is 9.83. The van der Waals surface area contributed by atoms with Gasteiger partial charge >= 0.3 is 0 Å². The Balaban J connectivity index is 1.93. The lowest BCUT2D eigenvalue weighted by Gasteiger charge is -2.21. The van der Waals surface area contributed by atoms with Crippen molar-refractivity contribution >= 4 is 17.3 Å². The summed E-state index contributed by atoms with van der Waals surface area (Å²) in [6.07, 6.45) is 1.03. The number of hydrogen-bond donors (Lipinski definition) is 1. The van der Waals surface area contributed by atoms with E-state index in [9.17, 15) is 0 Å². The minimum absolute atomic E-state index is 0.553. The van der Waals surface area contributed by atoms with Crippen LogP contribution in [0.4, 0.5) is 0 Å². The van der Waals surface area contributed by atoms with Crippen LogP contribution in [0.5, 0.6) is 5.75 Å². The van der Waals surface area contributed by atoms with Gasteiger partial charge < -0.3 is 19.7 Å². The number of rotatable bonds is 10. The maximum Gasteiger partial charge on any atom is 0.193 e. The summed E-state index contributed by atoms with van der Waals surface area (Å²) in [5.74, 6) is 1.78. The number of ether oxygens (including phenoxy) is 2. The fraction of sp³-hybridized carbons (Fsp3) is 0.450. The van der Waals surface area contributed by atoms with Crippen molar-refractivity contribution in [2.45, 2.75) is 19.9 Å². The molecule has 1 aromatic carbocycles. The SMILES string of the molecule is CCNC(=NCc1cccc(OCCOC)c1)N(C)CCc1cccs1. The van der Waals surface area contributed by atoms with Crippen molar-refractivity contribution < 1.29 is 9.47 Å². The number of likely N-dealkylation sites (N-methyl/N-ethyl adjacent to an activating group) is 1. The van der Waals surface area contributed by atoms with Crippen molar-refractivity contribution in [1.82, 2.24) is 10.2 Å². The van der Waals surface area contributed by atoms with Crippen molar-refractivity contribution in [2.75, 3.05) is 40.5 Å². The Morgan fingerprint density at radius 3 is 2.85 bits per heavy atom. The molecule has 0 aliphatic heterocycles. The number of thiophene rings is 1. The zero-order valence-electron chi connectivity index (χ0n) is 15.9. The minimum atomic E-state index is 0.553. The van der Waals surface area contributed by atoms with Crippen molar-refractivity contribution in [3.8, 4) is 5.75 Å². The standard InChI is InChI=1S/C20H29N3O2S/c1-4-21-20(23(2)11-10-19-9-6-14-26-19)22-16-17-7-5-8-18(15-17)25-13-12-24-3/h5-9,14-15H,4,10-13,16H2,1-3H3,(H,21,22). The molecule has 5 nitrogen and oxygen atoms in total. The molecule has 0 radical (unpaired) electrons. The van der Waals surface area contributed by atoms with Crippen molar-refractivity contribution in [3.63, 3.8) is 0 Å². The van der Waals surface area contributed by atoms with Gasteiger partial charge in [0.1, 0.15) is 12.4 Å². The Kier molecular flexibility index (Phi) is 9.00. The van der Waals surface area contributed by atoms with Crippen LogP contribution in [0, 0.1) is 0 Å². The van der Waals surface area contributed by atoms with Gasteiger partial charge in [-0.15, -0.1) is 11.3 Å². The zero-order valence-corrected chi connectivity index (χ0v) is 16.7. The van der Waals surface area contributed by atoms with E-state index in [2.05, 4.69) is 47.8 Å². The molecule has 0 unspecified atom stereocenters. The molecule has 0 amide bonds. The minimum Gasteiger partial charge on any atom is -0.491 e. The number of nitrogens with one attached hydrogen (secondary N) is 1. The maximum atomic E-state index is 5.67. The number of guanidine groups is 1. The Morgan fingerprint density at radius 2 is 2.12 bits per heavy atom. The largest absolute Gasteiger partial charge is 0.491 e. The van der Waals surface area contributed by atoms with Crippen LogP contribution in [0.2, 0.25) is 0 Å². The maximum absolute atomic E-state index is 5.67. The van der Waals surface area contributed by atoms with E-state index in [-0.39, 0.29) is 0 Å².